The highest BCUT2D eigenvalue weighted by molar-refractivity contribution is 7.98. The van der Waals surface area contributed by atoms with Crippen LogP contribution in [0, 0.1) is 0 Å². The molecular weight excluding hydrogens is 218 g/mol. The molecule has 3 rings (SSSR count). The summed E-state index contributed by atoms with van der Waals surface area (Å²) >= 11 is 1.42. The monoisotopic (exact) mass is 227 g/mol. The molecule has 0 radical (unpaired) electrons. The van der Waals surface area contributed by atoms with Crippen LogP contribution in [0.2, 0.25) is 0 Å². The number of hydrogen-bond donors (Lipinski definition) is 0. The Hall–Kier alpha value is -1.61. The van der Waals surface area contributed by atoms with Gasteiger partial charge in [0.15, 0.2) is 5.78 Å². The third kappa shape index (κ3) is 1.44. The van der Waals surface area contributed by atoms with Crippen LogP contribution in [-0.4, -0.2) is 12.0 Å². The second-order valence-electron chi connectivity index (χ2n) is 3.68. The van der Waals surface area contributed by atoms with E-state index in [1.54, 1.807) is 6.21 Å². The topological polar surface area (TPSA) is 29.4 Å². The second-order valence-corrected chi connectivity index (χ2v) is 4.52. The third-order valence-electron chi connectivity index (χ3n) is 2.67. The van der Waals surface area contributed by atoms with Crippen molar-refractivity contribution in [2.75, 3.05) is 0 Å². The largest absolute Gasteiger partial charge is 0.294 e. The average molecular weight is 227 g/mol. The number of carbonyl (C=O) groups excluding carboxylic acids is 1. The fourth-order valence-corrected chi connectivity index (χ4v) is 2.63. The fourth-order valence-electron chi connectivity index (χ4n) is 1.95. The summed E-state index contributed by atoms with van der Waals surface area (Å²) < 4.78 is 4.26. The maximum atomic E-state index is 12.0. The summed E-state index contributed by atoms with van der Waals surface area (Å²) in [5, 5.41) is 0. The third-order valence-corrected chi connectivity index (χ3v) is 3.43. The van der Waals surface area contributed by atoms with E-state index in [0.717, 1.165) is 21.6 Å². The Kier molecular flexibility index (Phi) is 2.26. The highest BCUT2D eigenvalue weighted by Gasteiger charge is 2.21. The van der Waals surface area contributed by atoms with Crippen LogP contribution in [0.15, 0.2) is 51.3 Å². The standard InChI is InChI=1S/C13H9NOS/c15-11-6-3-4-9-8-14-16-12-7-2-1-5-10(12)13(9)11/h1-5,7-8H,6H2. The fraction of sp³-hybridized carbons (Fsp3) is 0.0769. The van der Waals surface area contributed by atoms with E-state index in [1.165, 1.54) is 11.9 Å². The predicted octanol–water partition coefficient (Wildman–Crippen LogP) is 3.06. The number of rotatable bonds is 0. The van der Waals surface area contributed by atoms with Gasteiger partial charge in [0.25, 0.3) is 0 Å². The molecule has 2 aliphatic rings. The molecule has 2 nitrogen and oxygen atoms in total. The van der Waals surface area contributed by atoms with Crippen molar-refractivity contribution in [3.8, 4) is 0 Å². The molecule has 0 saturated heterocycles. The van der Waals surface area contributed by atoms with E-state index < -0.39 is 0 Å². The molecule has 1 heterocycles. The van der Waals surface area contributed by atoms with E-state index in [4.69, 9.17) is 0 Å². The molecule has 3 heteroatoms. The van der Waals surface area contributed by atoms with Crippen LogP contribution < -0.4 is 0 Å². The number of ketones is 1. The predicted molar refractivity (Wildman–Crippen MR) is 66.5 cm³/mol. The van der Waals surface area contributed by atoms with Gasteiger partial charge >= 0.3 is 0 Å². The molecular formula is C13H9NOS. The lowest BCUT2D eigenvalue weighted by atomic mass is 9.91. The summed E-state index contributed by atoms with van der Waals surface area (Å²) in [5.41, 5.74) is 2.75. The first-order chi connectivity index (χ1) is 7.86. The zero-order valence-corrected chi connectivity index (χ0v) is 9.33. The molecule has 1 aromatic rings. The van der Waals surface area contributed by atoms with Gasteiger partial charge in [0.2, 0.25) is 0 Å². The van der Waals surface area contributed by atoms with Gasteiger partial charge in [-0.05, 0) is 6.07 Å². The van der Waals surface area contributed by atoms with Crippen LogP contribution >= 0.6 is 11.9 Å². The van der Waals surface area contributed by atoms with Crippen LogP contribution in [0.4, 0.5) is 0 Å². The molecule has 78 valence electrons. The number of Topliss-reactive ketones (excluding diaryl/α,β-unsaturated/α-hetero) is 1. The van der Waals surface area contributed by atoms with E-state index >= 15 is 0 Å². The number of nitrogens with zero attached hydrogens (tertiary/aromatic N) is 1. The maximum Gasteiger partial charge on any atom is 0.167 e. The summed E-state index contributed by atoms with van der Waals surface area (Å²) in [5.74, 6) is 0.180. The molecule has 0 saturated carbocycles. The molecule has 0 amide bonds. The van der Waals surface area contributed by atoms with Gasteiger partial charge in [0.05, 0.1) is 0 Å². The molecule has 0 N–H and O–H groups in total. The van der Waals surface area contributed by atoms with E-state index in [9.17, 15) is 4.79 Å². The number of allylic oxidation sites excluding steroid dienone is 4. The molecule has 1 aromatic carbocycles. The van der Waals surface area contributed by atoms with Crippen molar-refractivity contribution >= 4 is 29.5 Å². The number of benzene rings is 1. The first-order valence-electron chi connectivity index (χ1n) is 5.10. The summed E-state index contributed by atoms with van der Waals surface area (Å²) in [4.78, 5) is 13.0. The first kappa shape index (κ1) is 9.60. The van der Waals surface area contributed by atoms with Gasteiger partial charge in [-0.2, -0.15) is 0 Å². The van der Waals surface area contributed by atoms with Gasteiger partial charge in [-0.1, -0.05) is 30.4 Å². The van der Waals surface area contributed by atoms with Crippen LogP contribution in [0.3, 0.4) is 0 Å². The summed E-state index contributed by atoms with van der Waals surface area (Å²) in [7, 11) is 0. The molecule has 1 aliphatic carbocycles. The van der Waals surface area contributed by atoms with Gasteiger partial charge in [-0.15, -0.1) is 0 Å². The lowest BCUT2D eigenvalue weighted by Crippen LogP contribution is -2.07. The summed E-state index contributed by atoms with van der Waals surface area (Å²) in [6.45, 7) is 0. The smallest absolute Gasteiger partial charge is 0.167 e. The molecule has 1 aliphatic heterocycles. The second kappa shape index (κ2) is 3.76. The highest BCUT2D eigenvalue weighted by Crippen LogP contribution is 2.35. The average Bonchev–Trinajstić information content (AvgIpc) is 2.49. The van der Waals surface area contributed by atoms with E-state index in [1.807, 2.05) is 36.4 Å². The highest BCUT2D eigenvalue weighted by atomic mass is 32.2. The minimum Gasteiger partial charge on any atom is -0.294 e. The van der Waals surface area contributed by atoms with Crippen molar-refractivity contribution in [1.29, 1.82) is 0 Å². The molecule has 0 fully saturated rings. The van der Waals surface area contributed by atoms with Crippen molar-refractivity contribution in [2.24, 2.45) is 4.40 Å². The van der Waals surface area contributed by atoms with Crippen LogP contribution in [-0.2, 0) is 4.79 Å². The lowest BCUT2D eigenvalue weighted by molar-refractivity contribution is -0.113. The number of hydrogen-bond acceptors (Lipinski definition) is 3. The van der Waals surface area contributed by atoms with Gasteiger partial charge in [-0.3, -0.25) is 4.79 Å². The summed E-state index contributed by atoms with van der Waals surface area (Å²) in [6.07, 6.45) is 6.13. The van der Waals surface area contributed by atoms with Crippen molar-refractivity contribution < 1.29 is 4.79 Å². The zero-order chi connectivity index (χ0) is 11.0. The molecule has 0 unspecified atom stereocenters. The van der Waals surface area contributed by atoms with Gasteiger partial charge < -0.3 is 0 Å². The Labute approximate surface area is 97.9 Å². The Morgan fingerprint density at radius 2 is 2.12 bits per heavy atom. The Balaban J connectivity index is 2.29. The van der Waals surface area contributed by atoms with Crippen molar-refractivity contribution in [1.82, 2.24) is 0 Å². The van der Waals surface area contributed by atoms with Crippen molar-refractivity contribution in [3.63, 3.8) is 0 Å². The Bertz CT molecular complexity index is 555. The Morgan fingerprint density at radius 3 is 3.06 bits per heavy atom. The minimum atomic E-state index is 0.180. The quantitative estimate of drug-likeness (QED) is 0.637. The minimum absolute atomic E-state index is 0.180. The van der Waals surface area contributed by atoms with Gasteiger partial charge in [0.1, 0.15) is 0 Å². The SMILES string of the molecule is O=C1CC=CC2=C1c1ccccc1SN=C2. The Morgan fingerprint density at radius 1 is 1.25 bits per heavy atom. The molecule has 0 bridgehead atoms. The molecule has 16 heavy (non-hydrogen) atoms. The summed E-state index contributed by atoms with van der Waals surface area (Å²) in [6, 6.07) is 7.92. The van der Waals surface area contributed by atoms with Gasteiger partial charge in [-0.25, -0.2) is 4.40 Å². The normalized spacial score (nSPS) is 18.1. The van der Waals surface area contributed by atoms with E-state index in [0.29, 0.717) is 6.42 Å². The van der Waals surface area contributed by atoms with E-state index in [-0.39, 0.29) is 5.78 Å². The molecule has 0 spiro atoms. The molecule has 0 atom stereocenters. The molecule has 0 aromatic heterocycles. The van der Waals surface area contributed by atoms with E-state index in [2.05, 4.69) is 4.40 Å². The van der Waals surface area contributed by atoms with Crippen LogP contribution in [0.25, 0.3) is 5.57 Å². The number of fused-ring (bicyclic) bond motifs is 2. The lowest BCUT2D eigenvalue weighted by Gasteiger charge is -2.12. The van der Waals surface area contributed by atoms with Crippen molar-refractivity contribution in [2.45, 2.75) is 11.3 Å². The zero-order valence-electron chi connectivity index (χ0n) is 8.51. The van der Waals surface area contributed by atoms with Crippen molar-refractivity contribution in [3.05, 3.63) is 47.6 Å². The van der Waals surface area contributed by atoms with Crippen LogP contribution in [0.1, 0.15) is 12.0 Å². The van der Waals surface area contributed by atoms with Crippen LogP contribution in [0.5, 0.6) is 0 Å². The van der Waals surface area contributed by atoms with Gasteiger partial charge in [0, 0.05) is 46.2 Å². The first-order valence-corrected chi connectivity index (χ1v) is 5.87. The number of carbonyl (C=O) groups is 1. The maximum absolute atomic E-state index is 12.0.